The maximum absolute atomic E-state index is 10.2. The summed E-state index contributed by atoms with van der Waals surface area (Å²) in [5.41, 5.74) is 5.47. The van der Waals surface area contributed by atoms with Crippen LogP contribution >= 0.6 is 0 Å². The highest BCUT2D eigenvalue weighted by atomic mass is 16.5. The largest absolute Gasteiger partial charge is 0.504 e. The van der Waals surface area contributed by atoms with Gasteiger partial charge in [-0.2, -0.15) is 0 Å². The van der Waals surface area contributed by atoms with Gasteiger partial charge in [0.05, 0.1) is 28.4 Å². The molecule has 0 fully saturated rings. The van der Waals surface area contributed by atoms with Crippen LogP contribution in [0.2, 0.25) is 0 Å². The van der Waals surface area contributed by atoms with Crippen LogP contribution in [0, 0.1) is 0 Å². The van der Waals surface area contributed by atoms with Crippen molar-refractivity contribution in [1.29, 1.82) is 0 Å². The molecule has 1 aromatic heterocycles. The molecule has 0 aliphatic heterocycles. The first-order valence-electron chi connectivity index (χ1n) is 12.5. The smallest absolute Gasteiger partial charge is 0.177 e. The molecular weight excluding hydrogens is 492 g/mol. The van der Waals surface area contributed by atoms with Crippen LogP contribution in [-0.4, -0.2) is 33.5 Å². The fourth-order valence-corrected chi connectivity index (χ4v) is 4.61. The van der Waals surface area contributed by atoms with Gasteiger partial charge in [-0.1, -0.05) is 36.4 Å². The van der Waals surface area contributed by atoms with Crippen LogP contribution in [0.4, 0.5) is 0 Å². The maximum Gasteiger partial charge on any atom is 0.177 e. The number of benzene rings is 4. The van der Waals surface area contributed by atoms with Gasteiger partial charge in [0.15, 0.2) is 22.8 Å². The first-order valence-corrected chi connectivity index (χ1v) is 12.5. The summed E-state index contributed by atoms with van der Waals surface area (Å²) in [4.78, 5) is 0. The van der Waals surface area contributed by atoms with Gasteiger partial charge in [-0.05, 0) is 77.7 Å². The molecule has 0 spiro atoms. The lowest BCUT2D eigenvalue weighted by Crippen LogP contribution is -1.89. The lowest BCUT2D eigenvalue weighted by Gasteiger charge is -2.08. The minimum absolute atomic E-state index is 0.0619. The molecule has 0 atom stereocenters. The Balaban J connectivity index is 1.63. The molecule has 39 heavy (non-hydrogen) atoms. The average Bonchev–Trinajstić information content (AvgIpc) is 3.37. The maximum atomic E-state index is 10.2. The van der Waals surface area contributed by atoms with E-state index in [0.29, 0.717) is 29.3 Å². The van der Waals surface area contributed by atoms with Crippen molar-refractivity contribution in [2.45, 2.75) is 6.42 Å². The van der Waals surface area contributed by atoms with E-state index >= 15 is 0 Å². The summed E-state index contributed by atoms with van der Waals surface area (Å²) in [7, 11) is 6.47. The van der Waals surface area contributed by atoms with Gasteiger partial charge in [0, 0.05) is 16.5 Å². The van der Waals surface area contributed by atoms with Crippen molar-refractivity contribution >= 4 is 17.0 Å². The molecule has 6 nitrogen and oxygen atoms in total. The Bertz CT molecular complexity index is 1610. The molecule has 5 rings (SSSR count). The van der Waals surface area contributed by atoms with Crippen LogP contribution < -0.4 is 18.9 Å². The van der Waals surface area contributed by atoms with Gasteiger partial charge in [-0.15, -0.1) is 0 Å². The van der Waals surface area contributed by atoms with E-state index in [1.54, 1.807) is 33.5 Å². The molecule has 5 aromatic rings. The topological polar surface area (TPSA) is 70.3 Å². The number of allylic oxidation sites excluding steroid dienone is 1. The van der Waals surface area contributed by atoms with Gasteiger partial charge < -0.3 is 28.5 Å². The van der Waals surface area contributed by atoms with Gasteiger partial charge in [0.25, 0.3) is 0 Å². The van der Waals surface area contributed by atoms with Gasteiger partial charge in [-0.25, -0.2) is 0 Å². The van der Waals surface area contributed by atoms with Crippen LogP contribution in [0.5, 0.6) is 28.7 Å². The highest BCUT2D eigenvalue weighted by molar-refractivity contribution is 6.04. The molecule has 0 unspecified atom stereocenters. The molecule has 0 saturated heterocycles. The van der Waals surface area contributed by atoms with Crippen molar-refractivity contribution < 1.29 is 28.5 Å². The Morgan fingerprint density at radius 3 is 1.97 bits per heavy atom. The normalized spacial score (nSPS) is 11.2. The Kier molecular flexibility index (Phi) is 7.46. The first-order chi connectivity index (χ1) is 19.0. The van der Waals surface area contributed by atoms with E-state index in [1.165, 1.54) is 7.11 Å². The molecule has 0 saturated carbocycles. The molecule has 6 heteroatoms. The quantitative estimate of drug-likeness (QED) is 0.213. The van der Waals surface area contributed by atoms with E-state index in [-0.39, 0.29) is 5.75 Å². The molecule has 1 N–H and O–H groups in total. The number of ether oxygens (including phenoxy) is 4. The fraction of sp³-hybridized carbons (Fsp3) is 0.152. The third-order valence-electron chi connectivity index (χ3n) is 6.64. The number of aromatic hydroxyl groups is 1. The summed E-state index contributed by atoms with van der Waals surface area (Å²) in [5.74, 6) is 3.32. The summed E-state index contributed by atoms with van der Waals surface area (Å²) in [5, 5.41) is 11.1. The van der Waals surface area contributed by atoms with Crippen LogP contribution in [0.25, 0.3) is 39.5 Å². The van der Waals surface area contributed by atoms with Gasteiger partial charge in [0.2, 0.25) is 0 Å². The Morgan fingerprint density at radius 1 is 0.692 bits per heavy atom. The molecule has 0 amide bonds. The summed E-state index contributed by atoms with van der Waals surface area (Å²) in [6, 6.07) is 25.1. The van der Waals surface area contributed by atoms with Crippen molar-refractivity contribution in [3.8, 4) is 51.2 Å². The Hall–Kier alpha value is -4.84. The first kappa shape index (κ1) is 25.8. The van der Waals surface area contributed by atoms with Crippen LogP contribution in [0.3, 0.4) is 0 Å². The Morgan fingerprint density at radius 2 is 1.33 bits per heavy atom. The lowest BCUT2D eigenvalue weighted by atomic mass is 9.96. The zero-order valence-electron chi connectivity index (χ0n) is 22.4. The second kappa shape index (κ2) is 11.3. The van der Waals surface area contributed by atoms with Gasteiger partial charge in [0.1, 0.15) is 17.3 Å². The summed E-state index contributed by atoms with van der Waals surface area (Å²) < 4.78 is 28.3. The van der Waals surface area contributed by atoms with E-state index in [2.05, 4.69) is 18.2 Å². The standard InChI is InChI=1S/C33H30O6/c1-35-25-13-8-21(9-14-25)6-5-7-22-18-27-31(23-10-15-26(36-2)16-11-23)32(39-33(27)30(19-22)38-4)24-12-17-28(34)29(20-24)37-3/h5-6,8-20,34H,7H2,1-4H3/b6-5+. The van der Waals surface area contributed by atoms with Crippen LogP contribution in [-0.2, 0) is 6.42 Å². The van der Waals surface area contributed by atoms with Crippen molar-refractivity contribution in [2.24, 2.45) is 0 Å². The number of hydrogen-bond acceptors (Lipinski definition) is 6. The average molecular weight is 523 g/mol. The second-order valence-corrected chi connectivity index (χ2v) is 8.98. The van der Waals surface area contributed by atoms with Gasteiger partial charge in [-0.3, -0.25) is 0 Å². The van der Waals surface area contributed by atoms with Gasteiger partial charge >= 0.3 is 0 Å². The van der Waals surface area contributed by atoms with Crippen LogP contribution in [0.15, 0.2) is 89.4 Å². The monoisotopic (exact) mass is 522 g/mol. The molecule has 1 heterocycles. The minimum atomic E-state index is 0.0619. The zero-order chi connectivity index (χ0) is 27.4. The third-order valence-corrected chi connectivity index (χ3v) is 6.64. The highest BCUT2D eigenvalue weighted by Gasteiger charge is 2.22. The molecule has 0 aliphatic rings. The van der Waals surface area contributed by atoms with E-state index in [0.717, 1.165) is 44.7 Å². The fourth-order valence-electron chi connectivity index (χ4n) is 4.61. The molecule has 0 aliphatic carbocycles. The predicted octanol–water partition coefficient (Wildman–Crippen LogP) is 7.76. The summed E-state index contributed by atoms with van der Waals surface area (Å²) in [6.45, 7) is 0. The van der Waals surface area contributed by atoms with Crippen molar-refractivity contribution in [1.82, 2.24) is 0 Å². The number of phenols is 1. The molecule has 4 aromatic carbocycles. The number of phenolic OH excluding ortho intramolecular Hbond substituents is 1. The molecule has 198 valence electrons. The predicted molar refractivity (Wildman–Crippen MR) is 154 cm³/mol. The zero-order valence-corrected chi connectivity index (χ0v) is 22.4. The minimum Gasteiger partial charge on any atom is -0.504 e. The van der Waals surface area contributed by atoms with E-state index in [9.17, 15) is 5.11 Å². The van der Waals surface area contributed by atoms with Crippen LogP contribution in [0.1, 0.15) is 11.1 Å². The number of rotatable bonds is 9. The van der Waals surface area contributed by atoms with Crippen molar-refractivity contribution in [3.05, 3.63) is 96.1 Å². The Labute approximate surface area is 227 Å². The third kappa shape index (κ3) is 5.27. The number of furan rings is 1. The summed E-state index contributed by atoms with van der Waals surface area (Å²) >= 11 is 0. The number of methoxy groups -OCH3 is 4. The van der Waals surface area contributed by atoms with E-state index in [4.69, 9.17) is 23.4 Å². The highest BCUT2D eigenvalue weighted by Crippen LogP contribution is 2.46. The number of fused-ring (bicyclic) bond motifs is 1. The van der Waals surface area contributed by atoms with E-state index in [1.807, 2.05) is 60.7 Å². The summed E-state index contributed by atoms with van der Waals surface area (Å²) in [6.07, 6.45) is 4.92. The van der Waals surface area contributed by atoms with E-state index < -0.39 is 0 Å². The van der Waals surface area contributed by atoms with Crippen molar-refractivity contribution in [3.63, 3.8) is 0 Å². The second-order valence-electron chi connectivity index (χ2n) is 8.98. The molecular formula is C33H30O6. The SMILES string of the molecule is COc1ccc(/C=C/Cc2cc(OC)c3oc(-c4ccc(O)c(OC)c4)c(-c4ccc(OC)cc4)c3c2)cc1. The molecule has 0 bridgehead atoms. The number of hydrogen-bond donors (Lipinski definition) is 1. The molecule has 0 radical (unpaired) electrons. The van der Waals surface area contributed by atoms with Crippen molar-refractivity contribution in [2.75, 3.05) is 28.4 Å². The lowest BCUT2D eigenvalue weighted by molar-refractivity contribution is 0.373.